The highest BCUT2D eigenvalue weighted by Crippen LogP contribution is 2.59. The van der Waals surface area contributed by atoms with Crippen LogP contribution in [0.3, 0.4) is 0 Å². The van der Waals surface area contributed by atoms with Gasteiger partial charge in [-0.1, -0.05) is 253 Å². The predicted octanol–water partition coefficient (Wildman–Crippen LogP) is 22.2. The van der Waals surface area contributed by atoms with Gasteiger partial charge < -0.3 is 4.74 Å². The van der Waals surface area contributed by atoms with E-state index in [1.165, 1.54) is 6.07 Å². The number of ether oxygens (including phenoxy) is 1. The molecule has 18 atom stereocenters. The zero-order valence-electron chi connectivity index (χ0n) is 77.3. The van der Waals surface area contributed by atoms with Crippen molar-refractivity contribution >= 4 is 88.0 Å². The minimum absolute atomic E-state index is 0.0113. The second kappa shape index (κ2) is 40.4. The average Bonchev–Trinajstić information content (AvgIpc) is 0.728. The fourth-order valence-corrected chi connectivity index (χ4v) is 35.8. The number of rotatable bonds is 21. The first-order valence-electron chi connectivity index (χ1n) is 46.7. The van der Waals surface area contributed by atoms with Gasteiger partial charge in [-0.25, -0.2) is 54.9 Å². The van der Waals surface area contributed by atoms with Gasteiger partial charge in [0.05, 0.1) is 68.0 Å². The molecule has 16 nitrogen and oxygen atoms in total. The summed E-state index contributed by atoms with van der Waals surface area (Å²) in [6, 6.07) is 87.9. The molecule has 0 heterocycles. The molecule has 0 bridgehead atoms. The van der Waals surface area contributed by atoms with Crippen molar-refractivity contribution in [3.8, 4) is 5.75 Å². The maximum absolute atomic E-state index is 15.5. The van der Waals surface area contributed by atoms with E-state index < -0.39 is 167 Å². The van der Waals surface area contributed by atoms with Gasteiger partial charge >= 0.3 is 0 Å². The molecule has 6 aliphatic carbocycles. The predicted molar refractivity (Wildman–Crippen MR) is 531 cm³/mol. The third-order valence-electron chi connectivity index (χ3n) is 30.0. The van der Waals surface area contributed by atoms with E-state index in [-0.39, 0.29) is 110 Å². The Morgan fingerprint density at radius 3 is 0.853 bits per heavy atom. The number of hydrogen-bond donors (Lipinski definition) is 0. The van der Waals surface area contributed by atoms with Crippen LogP contribution in [0.2, 0.25) is 5.02 Å². The molecule has 708 valence electrons. The summed E-state index contributed by atoms with van der Waals surface area (Å²) >= 11 is 6.21. The first-order valence-corrected chi connectivity index (χ1v) is 56.3. The highest BCUT2D eigenvalue weighted by atomic mass is 35.5. The Bertz CT molecular complexity index is 7080. The lowest BCUT2D eigenvalue weighted by Gasteiger charge is -2.48. The van der Waals surface area contributed by atoms with Crippen molar-refractivity contribution in [1.82, 2.24) is 0 Å². The van der Waals surface area contributed by atoms with E-state index in [2.05, 4.69) is 13.8 Å². The van der Waals surface area contributed by atoms with Gasteiger partial charge in [-0.05, 0) is 251 Å². The van der Waals surface area contributed by atoms with E-state index in [0.29, 0.717) is 10.8 Å². The number of carbonyl (C=O) groups is 3. The van der Waals surface area contributed by atoms with E-state index in [1.807, 2.05) is 138 Å². The summed E-state index contributed by atoms with van der Waals surface area (Å²) in [4.78, 5) is 43.3. The Morgan fingerprint density at radius 1 is 0.279 bits per heavy atom. The van der Waals surface area contributed by atoms with Crippen LogP contribution in [0.1, 0.15) is 179 Å². The molecule has 6 aliphatic rings. The molecule has 0 aliphatic heterocycles. The first-order chi connectivity index (χ1) is 64.9. The van der Waals surface area contributed by atoms with E-state index in [9.17, 15) is 64.9 Å². The fraction of sp³-hybridized carbons (Fsp3) is 0.330. The summed E-state index contributed by atoms with van der Waals surface area (Å²) in [7, 11) is -22.0. The highest BCUT2D eigenvalue weighted by Gasteiger charge is 2.61. The number of ketones is 3. The fourth-order valence-electron chi connectivity index (χ4n) is 22.7. The number of halogens is 2. The van der Waals surface area contributed by atoms with Crippen molar-refractivity contribution in [1.29, 1.82) is 0 Å². The van der Waals surface area contributed by atoms with Gasteiger partial charge in [-0.3, -0.25) is 14.4 Å². The Balaban J connectivity index is 0.000000148. The maximum atomic E-state index is 15.5. The van der Waals surface area contributed by atoms with Crippen LogP contribution in [-0.2, 0) is 86.2 Å². The van der Waals surface area contributed by atoms with Crippen molar-refractivity contribution < 1.29 is 74.0 Å². The minimum atomic E-state index is -4.01. The molecule has 12 aromatic carbocycles. The number of Topliss-reactive ketones (excluding diaryl/α,β-unsaturated/α-hetero) is 3. The maximum Gasteiger partial charge on any atom is 0.182 e. The van der Waals surface area contributed by atoms with Crippen molar-refractivity contribution in [3.63, 3.8) is 0 Å². The number of aryl methyl sites for hydroxylation is 7. The van der Waals surface area contributed by atoms with Crippen molar-refractivity contribution in [2.24, 2.45) is 35.5 Å². The summed E-state index contributed by atoms with van der Waals surface area (Å²) in [5.74, 6) is -7.88. The van der Waals surface area contributed by atoms with Gasteiger partial charge in [0, 0.05) is 77.5 Å². The van der Waals surface area contributed by atoms with Crippen LogP contribution in [0.15, 0.2) is 333 Å². The molecule has 0 N–H and O–H groups in total. The Hall–Kier alpha value is -10.6. The zero-order chi connectivity index (χ0) is 96.7. The molecule has 136 heavy (non-hydrogen) atoms. The molecule has 0 spiro atoms. The second-order valence-corrected chi connectivity index (χ2v) is 51.2. The Morgan fingerprint density at radius 2 is 0.537 bits per heavy atom. The van der Waals surface area contributed by atoms with Gasteiger partial charge in [0.1, 0.15) is 28.9 Å². The smallest absolute Gasteiger partial charge is 0.182 e. The lowest BCUT2D eigenvalue weighted by atomic mass is 9.61. The van der Waals surface area contributed by atoms with Crippen LogP contribution < -0.4 is 4.74 Å². The minimum Gasteiger partial charge on any atom is -0.497 e. The number of sulfone groups is 6. The van der Waals surface area contributed by atoms with Crippen molar-refractivity contribution in [2.45, 2.75) is 215 Å². The van der Waals surface area contributed by atoms with Gasteiger partial charge in [-0.15, -0.1) is 0 Å². The van der Waals surface area contributed by atoms with Crippen molar-refractivity contribution in [2.75, 3.05) is 7.11 Å². The zero-order valence-corrected chi connectivity index (χ0v) is 82.9. The number of fused-ring (bicyclic) bond motifs is 3. The molecular formula is C112H114ClFO16S6. The van der Waals surface area contributed by atoms with E-state index in [4.69, 9.17) is 16.3 Å². The molecule has 0 aromatic heterocycles. The van der Waals surface area contributed by atoms with Crippen LogP contribution in [0.5, 0.6) is 5.75 Å². The summed E-state index contributed by atoms with van der Waals surface area (Å²) in [5, 5.41) is -5.13. The number of hydrogen-bond acceptors (Lipinski definition) is 16. The Kier molecular flexibility index (Phi) is 29.3. The molecule has 6 saturated carbocycles. The summed E-state index contributed by atoms with van der Waals surface area (Å²) < 4.78 is 195. The second-order valence-electron chi connectivity index (χ2n) is 38.0. The Labute approximate surface area is 805 Å². The third kappa shape index (κ3) is 19.9. The van der Waals surface area contributed by atoms with E-state index in [1.54, 1.807) is 201 Å². The molecule has 6 unspecified atom stereocenters. The standard InChI is InChI=1S/C38H39ClO5S2.C38H40O6S2.C36H35FO5S2/c1-4-26-9-11-27(12-10-26)32-21-35-34(23-37(32)45(41,42)30-17-5-24(2)6-18-30)36(40)22-33(28-13-15-29(39)16-14-28)38(35)46(43,44)31-19-7-25(3)8-20-31;1-4-26-12-14-27(15-13-26)32-22-35-34(24-37(32)45(40,41)31-20-10-25(2)11-21-31)36(39)23-33(28-16-18-29(44-3)19-17-28)38(35)46(42,43)30-8-6-5-7-9-30;1-23-12-16-26(17-13-23)43(39,40)35-22-30-32(20-31(35)28-10-6-7-11-33(28)37)36(44(41,42)27-18-14-24(2)15-19-27)29(21-34(30)38)25-8-4-3-5-9-25/h5-20,32-35,37-38H,4,21-23H2,1-3H3;5-21,32-35,37-38H,4,22-24H2,1-3H3;3-19,29-32,35-36H,20-22H2,1-2H3/t2*32-,33-,34+,35-,37?,38?;29-,30+,31-,32-,35?,36?/m000/s1. The quantitative estimate of drug-likeness (QED) is 0.0647. The topological polar surface area (TPSA) is 265 Å². The number of benzene rings is 12. The van der Waals surface area contributed by atoms with Crippen LogP contribution in [-0.4, -0.2) is 106 Å². The molecule has 0 amide bonds. The molecule has 0 saturated heterocycles. The molecule has 18 rings (SSSR count). The summed E-state index contributed by atoms with van der Waals surface area (Å²) in [6.07, 6.45) is 2.38. The normalized spacial score (nSPS) is 25.3. The molecule has 6 fully saturated rings. The van der Waals surface area contributed by atoms with Gasteiger partial charge in [0.2, 0.25) is 0 Å². The molecule has 12 aromatic rings. The number of carbonyl (C=O) groups excluding carboxylic acids is 3. The monoisotopic (exact) mass is 1960 g/mol. The van der Waals surface area contributed by atoms with Gasteiger partial charge in [0.15, 0.2) is 59.0 Å². The van der Waals surface area contributed by atoms with Gasteiger partial charge in [-0.2, -0.15) is 0 Å². The van der Waals surface area contributed by atoms with Crippen LogP contribution in [0.4, 0.5) is 4.39 Å². The number of methoxy groups -OCH3 is 1. The van der Waals surface area contributed by atoms with E-state index >= 15 is 4.39 Å². The van der Waals surface area contributed by atoms with Crippen LogP contribution >= 0.6 is 11.6 Å². The molecule has 24 heteroatoms. The van der Waals surface area contributed by atoms with E-state index in [0.717, 1.165) is 79.6 Å². The summed E-state index contributed by atoms with van der Waals surface area (Å²) in [5.41, 5.74) is 11.1. The third-order valence-corrected chi connectivity index (χ3v) is 44.0. The SMILES string of the molecule is CCc1ccc([C@@H]2C[C@@H]3C(S(=O)(=O)c4ccc(C)cc4)[C@H](c4ccc(Cl)cc4)CC(=O)[C@@H]3CC2S(=O)(=O)c2ccc(C)cc2)cc1.CCc1ccc([C@@H]2C[C@@H]3C(S(=O)(=O)c4ccccc4)[C@H](c4ccc(OC)cc4)CC(=O)[C@@H]3CC2S(=O)(=O)c2ccc(C)cc2)cc1.Cc1ccc(S(=O)(=O)C2C[C@H]3C(=O)C[C@@H](c4ccccc4)C(S(=O)(=O)c4ccc(C)cc4)[C@H]3C[C@H]2c2ccccc2F)cc1. The summed E-state index contributed by atoms with van der Waals surface area (Å²) in [6.45, 7) is 13.6. The van der Waals surface area contributed by atoms with Crippen LogP contribution in [0.25, 0.3) is 0 Å². The van der Waals surface area contributed by atoms with Crippen molar-refractivity contribution in [3.05, 3.63) is 386 Å². The van der Waals surface area contributed by atoms with Gasteiger partial charge in [0.25, 0.3) is 0 Å². The lowest BCUT2D eigenvalue weighted by molar-refractivity contribution is -0.129. The molecular weight excluding hydrogens is 1850 g/mol. The van der Waals surface area contributed by atoms with Crippen LogP contribution in [0, 0.1) is 75.9 Å². The highest BCUT2D eigenvalue weighted by molar-refractivity contribution is 7.93. The average molecular weight is 1960 g/mol. The largest absolute Gasteiger partial charge is 0.497 e. The first kappa shape index (κ1) is 98.4. The molecule has 0 radical (unpaired) electrons. The lowest BCUT2D eigenvalue weighted by Crippen LogP contribution is -2.53.